The molecule has 132 valence electrons. The highest BCUT2D eigenvalue weighted by Gasteiger charge is 2.33. The molecule has 0 saturated carbocycles. The van der Waals surface area contributed by atoms with E-state index in [2.05, 4.69) is 0 Å². The number of ether oxygens (including phenoxy) is 1. The number of sulfonamides is 1. The fraction of sp³-hybridized carbons (Fsp3) is 0.429. The van der Waals surface area contributed by atoms with Crippen LogP contribution in [0, 0.1) is 6.92 Å². The summed E-state index contributed by atoms with van der Waals surface area (Å²) >= 11 is 0. The Balaban J connectivity index is 2.18. The molecular weight excluding hydrogens is 336 g/mol. The predicted octanol–water partition coefficient (Wildman–Crippen LogP) is -1.17. The van der Waals surface area contributed by atoms with Crippen LogP contribution in [0.1, 0.15) is 5.56 Å². The van der Waals surface area contributed by atoms with Crippen molar-refractivity contribution < 1.29 is 22.7 Å². The van der Waals surface area contributed by atoms with E-state index in [9.17, 15) is 18.0 Å². The highest BCUT2D eigenvalue weighted by molar-refractivity contribution is 7.89. The number of nitrogens with zero attached hydrogens (tertiary/aromatic N) is 2. The molecule has 1 aromatic rings. The van der Waals surface area contributed by atoms with Crippen LogP contribution in [0.5, 0.6) is 5.75 Å². The average molecular weight is 356 g/mol. The van der Waals surface area contributed by atoms with Gasteiger partial charge in [-0.05, 0) is 24.6 Å². The maximum Gasteiger partial charge on any atom is 0.323 e. The Bertz CT molecular complexity index is 742. The van der Waals surface area contributed by atoms with E-state index in [0.29, 0.717) is 0 Å². The minimum atomic E-state index is -3.76. The molecule has 1 heterocycles. The van der Waals surface area contributed by atoms with Gasteiger partial charge in [0.15, 0.2) is 0 Å². The summed E-state index contributed by atoms with van der Waals surface area (Å²) in [6, 6.07) is 4.92. The second-order valence-electron chi connectivity index (χ2n) is 5.32. The molecule has 0 radical (unpaired) electrons. The molecule has 2 amide bonds. The number of hydrogen-bond donors (Lipinski definition) is 2. The lowest BCUT2D eigenvalue weighted by molar-refractivity contribution is -0.146. The number of nitrogens with one attached hydrogen (secondary N) is 1. The van der Waals surface area contributed by atoms with Crippen LogP contribution >= 0.6 is 0 Å². The molecule has 0 unspecified atom stereocenters. The molecule has 1 saturated heterocycles. The minimum absolute atomic E-state index is 0.0863. The van der Waals surface area contributed by atoms with Crippen molar-refractivity contribution in [2.75, 3.05) is 33.3 Å². The number of nitrogens with two attached hydrogens (primary N) is 1. The van der Waals surface area contributed by atoms with Crippen molar-refractivity contribution in [2.24, 2.45) is 5.84 Å². The molecule has 0 bridgehead atoms. The van der Waals surface area contributed by atoms with Crippen molar-refractivity contribution in [3.8, 4) is 5.75 Å². The summed E-state index contributed by atoms with van der Waals surface area (Å²) in [5.41, 5.74) is 2.57. The van der Waals surface area contributed by atoms with Gasteiger partial charge in [0.05, 0.1) is 7.11 Å². The standard InChI is InChI=1S/C14H20N4O5S/c1-10-3-4-11(23-2)12(9-10)24(21,22)18-7-5-17(6-8-18)14(20)13(19)16-15/h3-4,9H,5-8,15H2,1-2H3,(H,16,19). The number of benzene rings is 1. The van der Waals surface area contributed by atoms with Gasteiger partial charge in [0, 0.05) is 26.2 Å². The summed E-state index contributed by atoms with van der Waals surface area (Å²) in [4.78, 5) is 24.4. The first kappa shape index (κ1) is 18.2. The molecule has 0 spiro atoms. The first-order valence-corrected chi connectivity index (χ1v) is 8.70. The van der Waals surface area contributed by atoms with Gasteiger partial charge in [0.1, 0.15) is 10.6 Å². The highest BCUT2D eigenvalue weighted by Crippen LogP contribution is 2.28. The van der Waals surface area contributed by atoms with Crippen molar-refractivity contribution in [3.63, 3.8) is 0 Å². The zero-order chi connectivity index (χ0) is 17.9. The third-order valence-corrected chi connectivity index (χ3v) is 5.71. The van der Waals surface area contributed by atoms with E-state index < -0.39 is 21.8 Å². The van der Waals surface area contributed by atoms with Gasteiger partial charge in [-0.25, -0.2) is 14.3 Å². The molecule has 0 atom stereocenters. The second-order valence-corrected chi connectivity index (χ2v) is 7.23. The lowest BCUT2D eigenvalue weighted by Crippen LogP contribution is -2.54. The molecule has 1 aliphatic heterocycles. The number of hydrogen-bond acceptors (Lipinski definition) is 6. The maximum atomic E-state index is 12.8. The molecule has 1 aliphatic rings. The van der Waals surface area contributed by atoms with Crippen LogP contribution in [0.4, 0.5) is 0 Å². The summed E-state index contributed by atoms with van der Waals surface area (Å²) in [6.45, 7) is 2.19. The smallest absolute Gasteiger partial charge is 0.323 e. The van der Waals surface area contributed by atoms with Crippen LogP contribution in [-0.4, -0.2) is 62.7 Å². The number of rotatable bonds is 3. The van der Waals surface area contributed by atoms with E-state index in [4.69, 9.17) is 10.6 Å². The van der Waals surface area contributed by atoms with Gasteiger partial charge in [-0.1, -0.05) is 6.07 Å². The largest absolute Gasteiger partial charge is 0.495 e. The maximum absolute atomic E-state index is 12.8. The first-order valence-electron chi connectivity index (χ1n) is 7.26. The summed E-state index contributed by atoms with van der Waals surface area (Å²) in [5, 5.41) is 0. The fourth-order valence-electron chi connectivity index (χ4n) is 2.46. The molecular formula is C14H20N4O5S. The Kier molecular flexibility index (Phi) is 5.42. The van der Waals surface area contributed by atoms with Crippen molar-refractivity contribution in [1.29, 1.82) is 0 Å². The molecule has 0 aliphatic carbocycles. The van der Waals surface area contributed by atoms with Gasteiger partial charge < -0.3 is 9.64 Å². The van der Waals surface area contributed by atoms with Crippen molar-refractivity contribution in [2.45, 2.75) is 11.8 Å². The molecule has 2 rings (SSSR count). The Labute approximate surface area is 140 Å². The minimum Gasteiger partial charge on any atom is -0.495 e. The molecule has 1 aromatic carbocycles. The van der Waals surface area contributed by atoms with Gasteiger partial charge in [-0.3, -0.25) is 15.0 Å². The normalized spacial score (nSPS) is 15.9. The monoisotopic (exact) mass is 356 g/mol. The predicted molar refractivity (Wildman–Crippen MR) is 85.4 cm³/mol. The number of methoxy groups -OCH3 is 1. The summed E-state index contributed by atoms with van der Waals surface area (Å²) in [7, 11) is -2.35. The van der Waals surface area contributed by atoms with Crippen LogP contribution < -0.4 is 16.0 Å². The Morgan fingerprint density at radius 3 is 2.38 bits per heavy atom. The van der Waals surface area contributed by atoms with Gasteiger partial charge in [0.2, 0.25) is 10.0 Å². The van der Waals surface area contributed by atoms with Crippen LogP contribution in [0.2, 0.25) is 0 Å². The van der Waals surface area contributed by atoms with Crippen LogP contribution in [0.25, 0.3) is 0 Å². The zero-order valence-electron chi connectivity index (χ0n) is 13.5. The number of hydrazine groups is 1. The van der Waals surface area contributed by atoms with Crippen molar-refractivity contribution in [1.82, 2.24) is 14.6 Å². The van der Waals surface area contributed by atoms with E-state index in [0.717, 1.165) is 5.56 Å². The van der Waals surface area contributed by atoms with Crippen LogP contribution in [0.15, 0.2) is 23.1 Å². The van der Waals surface area contributed by atoms with E-state index in [1.165, 1.54) is 16.3 Å². The van der Waals surface area contributed by atoms with Gasteiger partial charge in [-0.15, -0.1) is 0 Å². The van der Waals surface area contributed by atoms with E-state index in [-0.39, 0.29) is 36.8 Å². The lowest BCUT2D eigenvalue weighted by Gasteiger charge is -2.33. The van der Waals surface area contributed by atoms with E-state index >= 15 is 0 Å². The summed E-state index contributed by atoms with van der Waals surface area (Å²) in [6.07, 6.45) is 0. The number of aryl methyl sites for hydroxylation is 1. The third kappa shape index (κ3) is 3.50. The average Bonchev–Trinajstić information content (AvgIpc) is 2.60. The Morgan fingerprint density at radius 1 is 1.21 bits per heavy atom. The van der Waals surface area contributed by atoms with E-state index in [1.807, 2.05) is 0 Å². The Morgan fingerprint density at radius 2 is 1.83 bits per heavy atom. The van der Waals surface area contributed by atoms with Gasteiger partial charge in [0.25, 0.3) is 0 Å². The highest BCUT2D eigenvalue weighted by atomic mass is 32.2. The van der Waals surface area contributed by atoms with Crippen molar-refractivity contribution in [3.05, 3.63) is 23.8 Å². The zero-order valence-corrected chi connectivity index (χ0v) is 14.3. The Hall–Kier alpha value is -2.17. The molecule has 10 heteroatoms. The molecule has 3 N–H and O–H groups in total. The molecule has 0 aromatic heterocycles. The quantitative estimate of drug-likeness (QED) is 0.304. The topological polar surface area (TPSA) is 122 Å². The number of piperazine rings is 1. The van der Waals surface area contributed by atoms with Gasteiger partial charge in [-0.2, -0.15) is 4.31 Å². The van der Waals surface area contributed by atoms with Crippen LogP contribution in [-0.2, 0) is 19.6 Å². The number of carbonyl (C=O) groups is 2. The SMILES string of the molecule is COc1ccc(C)cc1S(=O)(=O)N1CCN(C(=O)C(=O)NN)CC1. The molecule has 9 nitrogen and oxygen atoms in total. The number of amides is 2. The second kappa shape index (κ2) is 7.16. The van der Waals surface area contributed by atoms with Gasteiger partial charge >= 0.3 is 11.8 Å². The molecule has 24 heavy (non-hydrogen) atoms. The molecule has 1 fully saturated rings. The number of carbonyl (C=O) groups excluding carboxylic acids is 2. The summed E-state index contributed by atoms with van der Waals surface area (Å²) in [5.74, 6) is 3.50. The van der Waals surface area contributed by atoms with Crippen molar-refractivity contribution >= 4 is 21.8 Å². The van der Waals surface area contributed by atoms with Crippen LogP contribution in [0.3, 0.4) is 0 Å². The third-order valence-electron chi connectivity index (χ3n) is 3.79. The first-order chi connectivity index (χ1) is 11.3. The fourth-order valence-corrected chi connectivity index (χ4v) is 4.12. The summed E-state index contributed by atoms with van der Waals surface area (Å²) < 4.78 is 32.1. The lowest BCUT2D eigenvalue weighted by atomic mass is 10.2. The van der Waals surface area contributed by atoms with E-state index in [1.54, 1.807) is 30.5 Å².